The van der Waals surface area contributed by atoms with E-state index in [2.05, 4.69) is 73.3 Å². The van der Waals surface area contributed by atoms with Gasteiger partial charge >= 0.3 is 0 Å². The summed E-state index contributed by atoms with van der Waals surface area (Å²) in [5.41, 5.74) is 7.75. The molecule has 0 bridgehead atoms. The number of hydrogen-bond acceptors (Lipinski definition) is 5. The van der Waals surface area contributed by atoms with Gasteiger partial charge in [-0.15, -0.1) is 0 Å². The normalized spacial score (nSPS) is 14.1. The van der Waals surface area contributed by atoms with E-state index < -0.39 is 0 Å². The predicted octanol–water partition coefficient (Wildman–Crippen LogP) is 11.3. The van der Waals surface area contributed by atoms with Crippen LogP contribution in [0.1, 0.15) is 25.0 Å². The minimum Gasteiger partial charge on any atom is -0.450 e. The SMILES string of the molecule is CC1(C)c2ccccc2-c2ccc(N(c3ccc4c(c3)Oc3ccccc3O4)c3cccc4c3Oc3ccccc3O4)cc21. The van der Waals surface area contributed by atoms with Crippen LogP contribution in [0.5, 0.6) is 46.0 Å². The largest absolute Gasteiger partial charge is 0.450 e. The van der Waals surface area contributed by atoms with E-state index in [1.807, 2.05) is 72.8 Å². The van der Waals surface area contributed by atoms with E-state index in [9.17, 15) is 0 Å². The molecule has 5 heteroatoms. The van der Waals surface area contributed by atoms with Gasteiger partial charge in [-0.25, -0.2) is 0 Å². The van der Waals surface area contributed by atoms with Crippen LogP contribution >= 0.6 is 0 Å². The predicted molar refractivity (Wildman–Crippen MR) is 172 cm³/mol. The summed E-state index contributed by atoms with van der Waals surface area (Å²) >= 11 is 0. The van der Waals surface area contributed by atoms with Crippen molar-refractivity contribution in [1.82, 2.24) is 0 Å². The maximum atomic E-state index is 6.55. The zero-order valence-electron chi connectivity index (χ0n) is 24.2. The molecule has 0 saturated carbocycles. The Hall–Kier alpha value is -5.68. The van der Waals surface area contributed by atoms with Gasteiger partial charge in [-0.05, 0) is 82.9 Å². The van der Waals surface area contributed by atoms with Crippen molar-refractivity contribution in [2.24, 2.45) is 0 Å². The Kier molecular flexibility index (Phi) is 5.18. The maximum Gasteiger partial charge on any atom is 0.194 e. The third-order valence-electron chi connectivity index (χ3n) is 8.78. The molecule has 2 heterocycles. The molecule has 212 valence electrons. The number of rotatable bonds is 3. The average Bonchev–Trinajstić information content (AvgIpc) is 3.29. The molecular formula is C39H27NO4. The molecule has 6 aromatic rings. The van der Waals surface area contributed by atoms with Crippen molar-refractivity contribution in [3.63, 3.8) is 0 Å². The average molecular weight is 574 g/mol. The van der Waals surface area contributed by atoms with Crippen molar-refractivity contribution < 1.29 is 18.9 Å². The first-order valence-corrected chi connectivity index (χ1v) is 14.8. The van der Waals surface area contributed by atoms with Gasteiger partial charge < -0.3 is 23.8 Å². The van der Waals surface area contributed by atoms with E-state index in [0.717, 1.165) is 17.1 Å². The standard InChI is InChI=1S/C39H27NO4/c1-39(2)28-11-4-3-10-26(28)27-20-18-24(22-29(27)39)40(25-19-21-35-37(23-25)43-32-14-6-5-13-31(32)41-35)30-12-9-17-36-38(30)44-34-16-8-7-15-33(34)42-36/h3-23H,1-2H3. The summed E-state index contributed by atoms with van der Waals surface area (Å²) in [5.74, 6) is 5.38. The van der Waals surface area contributed by atoms with Crippen molar-refractivity contribution >= 4 is 17.1 Å². The van der Waals surface area contributed by atoms with E-state index in [4.69, 9.17) is 18.9 Å². The van der Waals surface area contributed by atoms with Crippen molar-refractivity contribution in [2.45, 2.75) is 19.3 Å². The van der Waals surface area contributed by atoms with Gasteiger partial charge in [-0.1, -0.05) is 74.5 Å². The molecule has 5 nitrogen and oxygen atoms in total. The second-order valence-electron chi connectivity index (χ2n) is 11.8. The minimum atomic E-state index is -0.154. The molecular weight excluding hydrogens is 546 g/mol. The summed E-state index contributed by atoms with van der Waals surface area (Å²) in [4.78, 5) is 2.21. The van der Waals surface area contributed by atoms with Crippen LogP contribution in [-0.2, 0) is 5.41 Å². The molecule has 0 atom stereocenters. The maximum absolute atomic E-state index is 6.55. The topological polar surface area (TPSA) is 40.2 Å². The molecule has 6 aromatic carbocycles. The van der Waals surface area contributed by atoms with E-state index in [0.29, 0.717) is 46.0 Å². The Morgan fingerprint density at radius 3 is 1.75 bits per heavy atom. The Labute approximate surface area is 255 Å². The molecule has 2 aliphatic heterocycles. The first-order valence-electron chi connectivity index (χ1n) is 14.8. The van der Waals surface area contributed by atoms with Gasteiger partial charge in [0.25, 0.3) is 0 Å². The van der Waals surface area contributed by atoms with Gasteiger partial charge in [0, 0.05) is 17.2 Å². The van der Waals surface area contributed by atoms with Gasteiger partial charge in [0.15, 0.2) is 46.0 Å². The fourth-order valence-corrected chi connectivity index (χ4v) is 6.62. The van der Waals surface area contributed by atoms with Crippen LogP contribution in [-0.4, -0.2) is 0 Å². The molecule has 44 heavy (non-hydrogen) atoms. The molecule has 0 saturated heterocycles. The molecule has 0 radical (unpaired) electrons. The Morgan fingerprint density at radius 1 is 0.432 bits per heavy atom. The van der Waals surface area contributed by atoms with E-state index in [1.165, 1.54) is 22.3 Å². The van der Waals surface area contributed by atoms with Crippen LogP contribution in [0.2, 0.25) is 0 Å². The highest BCUT2D eigenvalue weighted by Gasteiger charge is 2.36. The smallest absolute Gasteiger partial charge is 0.194 e. The molecule has 0 unspecified atom stereocenters. The lowest BCUT2D eigenvalue weighted by Gasteiger charge is -2.32. The van der Waals surface area contributed by atoms with Gasteiger partial charge in [0.05, 0.1) is 11.4 Å². The molecule has 1 aliphatic carbocycles. The third kappa shape index (κ3) is 3.66. The quantitative estimate of drug-likeness (QED) is 0.210. The summed E-state index contributed by atoms with van der Waals surface area (Å²) in [6.07, 6.45) is 0. The number of ether oxygens (including phenoxy) is 4. The summed E-state index contributed by atoms with van der Waals surface area (Å²) in [5, 5.41) is 0. The summed E-state index contributed by atoms with van der Waals surface area (Å²) in [6.45, 7) is 4.59. The Bertz CT molecular complexity index is 2130. The van der Waals surface area contributed by atoms with Crippen molar-refractivity contribution in [3.05, 3.63) is 139 Å². The molecule has 0 spiro atoms. The highest BCUT2D eigenvalue weighted by Crippen LogP contribution is 2.55. The number of para-hydroxylation sites is 5. The first-order chi connectivity index (χ1) is 21.5. The third-order valence-corrected chi connectivity index (χ3v) is 8.78. The minimum absolute atomic E-state index is 0.154. The van der Waals surface area contributed by atoms with Gasteiger partial charge in [0.1, 0.15) is 0 Å². The van der Waals surface area contributed by atoms with E-state index >= 15 is 0 Å². The van der Waals surface area contributed by atoms with Crippen LogP contribution in [0.4, 0.5) is 17.1 Å². The van der Waals surface area contributed by atoms with E-state index in [1.54, 1.807) is 0 Å². The van der Waals surface area contributed by atoms with Crippen LogP contribution in [0, 0.1) is 0 Å². The lowest BCUT2D eigenvalue weighted by Crippen LogP contribution is -2.17. The molecule has 9 rings (SSSR count). The fourth-order valence-electron chi connectivity index (χ4n) is 6.62. The summed E-state index contributed by atoms with van der Waals surface area (Å²) < 4.78 is 25.4. The van der Waals surface area contributed by atoms with Gasteiger partial charge in [-0.2, -0.15) is 0 Å². The number of hydrogen-bond donors (Lipinski definition) is 0. The first kappa shape index (κ1) is 24.9. The molecule has 0 N–H and O–H groups in total. The monoisotopic (exact) mass is 573 g/mol. The second kappa shape index (κ2) is 9.16. The number of nitrogens with zero attached hydrogens (tertiary/aromatic N) is 1. The fraction of sp³-hybridized carbons (Fsp3) is 0.0769. The van der Waals surface area contributed by atoms with Gasteiger partial charge in [0.2, 0.25) is 0 Å². The molecule has 0 fully saturated rings. The summed E-state index contributed by atoms with van der Waals surface area (Å²) in [7, 11) is 0. The lowest BCUT2D eigenvalue weighted by molar-refractivity contribution is 0.359. The zero-order valence-corrected chi connectivity index (χ0v) is 24.2. The number of benzene rings is 6. The molecule has 3 aliphatic rings. The van der Waals surface area contributed by atoms with Crippen molar-refractivity contribution in [1.29, 1.82) is 0 Å². The Morgan fingerprint density at radius 2 is 0.977 bits per heavy atom. The second-order valence-corrected chi connectivity index (χ2v) is 11.8. The molecule has 0 amide bonds. The zero-order chi connectivity index (χ0) is 29.4. The van der Waals surface area contributed by atoms with Crippen LogP contribution < -0.4 is 23.8 Å². The van der Waals surface area contributed by atoms with Crippen LogP contribution in [0.25, 0.3) is 11.1 Å². The van der Waals surface area contributed by atoms with Crippen molar-refractivity contribution in [3.8, 4) is 57.1 Å². The van der Waals surface area contributed by atoms with Crippen LogP contribution in [0.3, 0.4) is 0 Å². The van der Waals surface area contributed by atoms with Gasteiger partial charge in [-0.3, -0.25) is 0 Å². The van der Waals surface area contributed by atoms with Crippen LogP contribution in [0.15, 0.2) is 127 Å². The number of anilines is 3. The highest BCUT2D eigenvalue weighted by atomic mass is 16.6. The Balaban J connectivity index is 1.23. The van der Waals surface area contributed by atoms with Crippen molar-refractivity contribution in [2.75, 3.05) is 4.90 Å². The summed E-state index contributed by atoms with van der Waals surface area (Å²) in [6, 6.07) is 42.9. The lowest BCUT2D eigenvalue weighted by atomic mass is 9.82. The molecule has 0 aromatic heterocycles. The van der Waals surface area contributed by atoms with E-state index in [-0.39, 0.29) is 5.41 Å². The number of fused-ring (bicyclic) bond motifs is 7. The highest BCUT2D eigenvalue weighted by molar-refractivity contribution is 5.88.